The van der Waals surface area contributed by atoms with E-state index < -0.39 is 5.54 Å². The second-order valence-corrected chi connectivity index (χ2v) is 6.31. The van der Waals surface area contributed by atoms with Crippen molar-refractivity contribution in [1.82, 2.24) is 10.2 Å². The van der Waals surface area contributed by atoms with Crippen molar-refractivity contribution in [2.24, 2.45) is 11.7 Å². The van der Waals surface area contributed by atoms with Gasteiger partial charge in [-0.05, 0) is 51.1 Å². The fourth-order valence-electron chi connectivity index (χ4n) is 3.98. The number of amides is 1. The first-order valence-corrected chi connectivity index (χ1v) is 7.90. The number of hydrogen-bond acceptors (Lipinski definition) is 3. The molecule has 19 heavy (non-hydrogen) atoms. The lowest BCUT2D eigenvalue weighted by atomic mass is 9.96. The molecule has 1 saturated heterocycles. The summed E-state index contributed by atoms with van der Waals surface area (Å²) in [4.78, 5) is 14.4. The molecule has 1 heterocycles. The summed E-state index contributed by atoms with van der Waals surface area (Å²) < 4.78 is 0. The molecule has 1 amide bonds. The molecule has 4 heteroatoms. The second kappa shape index (κ2) is 6.23. The van der Waals surface area contributed by atoms with Crippen molar-refractivity contribution in [3.63, 3.8) is 0 Å². The average molecular weight is 267 g/mol. The minimum Gasteiger partial charge on any atom is -0.368 e. The fraction of sp³-hybridized carbons (Fsp3) is 0.933. The number of primary amides is 1. The number of carbonyl (C=O) groups excluding carboxylic acids is 1. The molecule has 0 aromatic carbocycles. The molecular weight excluding hydrogens is 238 g/mol. The molecule has 0 aromatic heterocycles. The first-order valence-electron chi connectivity index (χ1n) is 7.90. The normalized spacial score (nSPS) is 35.9. The zero-order chi connectivity index (χ0) is 13.9. The van der Waals surface area contributed by atoms with Crippen LogP contribution in [0.3, 0.4) is 0 Å². The van der Waals surface area contributed by atoms with E-state index in [-0.39, 0.29) is 5.91 Å². The van der Waals surface area contributed by atoms with E-state index in [1.165, 1.54) is 32.4 Å². The number of carbonyl (C=O) groups is 1. The van der Waals surface area contributed by atoms with Crippen molar-refractivity contribution in [3.8, 4) is 0 Å². The summed E-state index contributed by atoms with van der Waals surface area (Å²) in [6.07, 6.45) is 6.86. The van der Waals surface area contributed by atoms with Crippen LogP contribution in [0, 0.1) is 5.92 Å². The third-order valence-corrected chi connectivity index (χ3v) is 5.01. The van der Waals surface area contributed by atoms with Gasteiger partial charge in [-0.25, -0.2) is 0 Å². The van der Waals surface area contributed by atoms with E-state index in [0.717, 1.165) is 31.7 Å². The lowest BCUT2D eigenvalue weighted by Crippen LogP contribution is -2.54. The van der Waals surface area contributed by atoms with E-state index in [0.29, 0.717) is 6.04 Å². The summed E-state index contributed by atoms with van der Waals surface area (Å²) in [5.41, 5.74) is 5.19. The summed E-state index contributed by atoms with van der Waals surface area (Å²) in [7, 11) is 0. The first kappa shape index (κ1) is 14.8. The molecule has 2 aliphatic rings. The van der Waals surface area contributed by atoms with Crippen LogP contribution >= 0.6 is 0 Å². The van der Waals surface area contributed by atoms with Gasteiger partial charge in [0, 0.05) is 12.6 Å². The number of nitrogens with two attached hydrogens (primary N) is 1. The third-order valence-electron chi connectivity index (χ3n) is 5.01. The van der Waals surface area contributed by atoms with Crippen molar-refractivity contribution in [3.05, 3.63) is 0 Å². The van der Waals surface area contributed by atoms with Crippen LogP contribution in [0.1, 0.15) is 52.4 Å². The highest BCUT2D eigenvalue weighted by Gasteiger charge is 2.45. The molecule has 1 aliphatic carbocycles. The van der Waals surface area contributed by atoms with E-state index in [2.05, 4.69) is 17.1 Å². The van der Waals surface area contributed by atoms with Crippen LogP contribution in [-0.4, -0.2) is 42.0 Å². The minimum absolute atomic E-state index is 0.166. The van der Waals surface area contributed by atoms with Crippen LogP contribution in [-0.2, 0) is 4.79 Å². The topological polar surface area (TPSA) is 58.4 Å². The van der Waals surface area contributed by atoms with Gasteiger partial charge in [0.15, 0.2) is 0 Å². The Kier molecular flexibility index (Phi) is 4.85. The Hall–Kier alpha value is -0.610. The maximum absolute atomic E-state index is 11.8. The van der Waals surface area contributed by atoms with Gasteiger partial charge < -0.3 is 16.0 Å². The monoisotopic (exact) mass is 267 g/mol. The van der Waals surface area contributed by atoms with Crippen molar-refractivity contribution in [2.45, 2.75) is 64.0 Å². The SMILES string of the molecule is CCCC1CCN(C2CCC(NCC)(C(N)=O)C2)C1. The molecule has 0 bridgehead atoms. The summed E-state index contributed by atoms with van der Waals surface area (Å²) in [5, 5.41) is 3.35. The first-order chi connectivity index (χ1) is 9.11. The summed E-state index contributed by atoms with van der Waals surface area (Å²) in [5.74, 6) is 0.703. The summed E-state index contributed by atoms with van der Waals surface area (Å²) in [6, 6.07) is 0.549. The number of hydrogen-bond donors (Lipinski definition) is 2. The van der Waals surface area contributed by atoms with Crippen LogP contribution in [0.4, 0.5) is 0 Å². The maximum atomic E-state index is 11.8. The number of rotatable bonds is 6. The van der Waals surface area contributed by atoms with Gasteiger partial charge in [0.1, 0.15) is 0 Å². The number of likely N-dealkylation sites (N-methyl/N-ethyl adjacent to an activating group) is 1. The van der Waals surface area contributed by atoms with Gasteiger partial charge in [-0.1, -0.05) is 20.3 Å². The molecule has 1 saturated carbocycles. The molecule has 3 unspecified atom stereocenters. The van der Waals surface area contributed by atoms with E-state index >= 15 is 0 Å². The molecule has 1 aliphatic heterocycles. The van der Waals surface area contributed by atoms with Gasteiger partial charge in [-0.15, -0.1) is 0 Å². The minimum atomic E-state index is -0.442. The highest BCUT2D eigenvalue weighted by molar-refractivity contribution is 5.85. The van der Waals surface area contributed by atoms with Gasteiger partial charge in [-0.2, -0.15) is 0 Å². The highest BCUT2D eigenvalue weighted by atomic mass is 16.1. The standard InChI is InChI=1S/C15H29N3O/c1-3-5-12-7-9-18(11-12)13-6-8-15(10-13,14(16)19)17-4-2/h12-13,17H,3-11H2,1-2H3,(H2,16,19). The van der Waals surface area contributed by atoms with Crippen LogP contribution in [0.2, 0.25) is 0 Å². The molecule has 2 rings (SSSR count). The van der Waals surface area contributed by atoms with Gasteiger partial charge in [0.25, 0.3) is 0 Å². The summed E-state index contributed by atoms with van der Waals surface area (Å²) >= 11 is 0. The molecule has 4 nitrogen and oxygen atoms in total. The van der Waals surface area contributed by atoms with E-state index in [1.54, 1.807) is 0 Å². The van der Waals surface area contributed by atoms with E-state index in [4.69, 9.17) is 5.73 Å². The lowest BCUT2D eigenvalue weighted by molar-refractivity contribution is -0.124. The maximum Gasteiger partial charge on any atom is 0.237 e. The zero-order valence-electron chi connectivity index (χ0n) is 12.5. The van der Waals surface area contributed by atoms with Gasteiger partial charge in [0.05, 0.1) is 5.54 Å². The molecule has 0 radical (unpaired) electrons. The Morgan fingerprint density at radius 3 is 2.84 bits per heavy atom. The van der Waals surface area contributed by atoms with Crippen molar-refractivity contribution in [2.75, 3.05) is 19.6 Å². The predicted octanol–water partition coefficient (Wildman–Crippen LogP) is 1.49. The van der Waals surface area contributed by atoms with Gasteiger partial charge >= 0.3 is 0 Å². The Labute approximate surface area is 117 Å². The van der Waals surface area contributed by atoms with Crippen LogP contribution in [0.25, 0.3) is 0 Å². The number of nitrogens with zero attached hydrogens (tertiary/aromatic N) is 1. The Morgan fingerprint density at radius 2 is 2.21 bits per heavy atom. The van der Waals surface area contributed by atoms with Gasteiger partial charge in [0.2, 0.25) is 5.91 Å². The fourth-order valence-corrected chi connectivity index (χ4v) is 3.98. The smallest absolute Gasteiger partial charge is 0.237 e. The molecule has 0 aromatic rings. The number of likely N-dealkylation sites (tertiary alicyclic amines) is 1. The Morgan fingerprint density at radius 1 is 1.42 bits per heavy atom. The number of nitrogens with one attached hydrogen (secondary N) is 1. The third kappa shape index (κ3) is 3.11. The molecule has 3 atom stereocenters. The molecule has 0 spiro atoms. The zero-order valence-corrected chi connectivity index (χ0v) is 12.5. The molecule has 2 fully saturated rings. The molecule has 3 N–H and O–H groups in total. The predicted molar refractivity (Wildman–Crippen MR) is 77.8 cm³/mol. The van der Waals surface area contributed by atoms with Crippen LogP contribution < -0.4 is 11.1 Å². The van der Waals surface area contributed by atoms with E-state index in [9.17, 15) is 4.79 Å². The van der Waals surface area contributed by atoms with E-state index in [1.807, 2.05) is 6.92 Å². The van der Waals surface area contributed by atoms with Gasteiger partial charge in [-0.3, -0.25) is 4.79 Å². The van der Waals surface area contributed by atoms with Crippen LogP contribution in [0.5, 0.6) is 0 Å². The Bertz CT molecular complexity index is 321. The van der Waals surface area contributed by atoms with Crippen molar-refractivity contribution in [1.29, 1.82) is 0 Å². The lowest BCUT2D eigenvalue weighted by Gasteiger charge is -2.29. The van der Waals surface area contributed by atoms with Crippen molar-refractivity contribution < 1.29 is 4.79 Å². The quantitative estimate of drug-likeness (QED) is 0.766. The molecular formula is C15H29N3O. The largest absolute Gasteiger partial charge is 0.368 e. The average Bonchev–Trinajstić information content (AvgIpc) is 2.97. The Balaban J connectivity index is 1.92. The van der Waals surface area contributed by atoms with Crippen LogP contribution in [0.15, 0.2) is 0 Å². The summed E-state index contributed by atoms with van der Waals surface area (Å²) in [6.45, 7) is 7.55. The highest BCUT2D eigenvalue weighted by Crippen LogP contribution is 2.36. The second-order valence-electron chi connectivity index (χ2n) is 6.31. The van der Waals surface area contributed by atoms with Crippen molar-refractivity contribution >= 4 is 5.91 Å². The molecule has 110 valence electrons.